The second kappa shape index (κ2) is 26.8. The highest BCUT2D eigenvalue weighted by Crippen LogP contribution is 2.54. The van der Waals surface area contributed by atoms with Gasteiger partial charge in [0.2, 0.25) is 0 Å². The maximum absolute atomic E-state index is 5.21. The molecule has 5 nitrogen and oxygen atoms in total. The number of nitrogens with zero attached hydrogens (tertiary/aromatic N) is 5. The number of hydrogen-bond donors (Lipinski definition) is 0. The summed E-state index contributed by atoms with van der Waals surface area (Å²) < 4.78 is 2.51. The average molecular weight is 1420 g/mol. The van der Waals surface area contributed by atoms with Crippen molar-refractivity contribution in [1.82, 2.24) is 14.5 Å². The van der Waals surface area contributed by atoms with Crippen molar-refractivity contribution in [2.24, 2.45) is 0 Å². The zero-order valence-corrected chi connectivity index (χ0v) is 65.0. The monoisotopic (exact) mass is 1420 g/mol. The first-order chi connectivity index (χ1) is 53.1. The minimum atomic E-state index is -0.320. The molecule has 0 N–H and O–H groups in total. The molecule has 0 spiro atoms. The molecule has 0 atom stereocenters. The first kappa shape index (κ1) is 69.4. The lowest BCUT2D eigenvalue weighted by atomic mass is 9.33. The van der Waals surface area contributed by atoms with Crippen molar-refractivity contribution in [2.75, 3.05) is 9.80 Å². The summed E-state index contributed by atoms with van der Waals surface area (Å²) in [5, 5.41) is 2.38. The summed E-state index contributed by atoms with van der Waals surface area (Å²) in [5.74, 6) is 0. The molecule has 534 valence electrons. The third-order valence-corrected chi connectivity index (χ3v) is 22.9. The van der Waals surface area contributed by atoms with Crippen LogP contribution in [-0.4, -0.2) is 21.2 Å². The largest absolute Gasteiger partial charge is 0.310 e. The molecule has 2 aliphatic heterocycles. The van der Waals surface area contributed by atoms with Gasteiger partial charge < -0.3 is 14.4 Å². The van der Waals surface area contributed by atoms with Crippen molar-refractivity contribution < 1.29 is 0 Å². The Morgan fingerprint density at radius 1 is 0.245 bits per heavy atom. The van der Waals surface area contributed by atoms with E-state index in [4.69, 9.17) is 9.97 Å². The Hall–Kier alpha value is -12.4. The summed E-state index contributed by atoms with van der Waals surface area (Å²) in [4.78, 5) is 15.7. The Morgan fingerprint density at radius 2 is 0.527 bits per heavy atom. The van der Waals surface area contributed by atoms with Crippen LogP contribution in [0.3, 0.4) is 0 Å². The maximum Gasteiger partial charge on any atom is 0.252 e. The summed E-state index contributed by atoms with van der Waals surface area (Å²) in [6.07, 6.45) is 8.34. The number of pyridine rings is 2. The minimum absolute atomic E-state index is 0.0270. The zero-order chi connectivity index (χ0) is 75.5. The lowest BCUT2D eigenvalue weighted by Crippen LogP contribution is -2.61. The van der Waals surface area contributed by atoms with Crippen LogP contribution in [0.2, 0.25) is 0 Å². The van der Waals surface area contributed by atoms with Gasteiger partial charge in [-0.05, 0) is 163 Å². The highest BCUT2D eigenvalue weighted by molar-refractivity contribution is 7.00. The normalized spacial score (nSPS) is 12.9. The number of para-hydroxylation sites is 2. The number of aromatic nitrogens is 3. The van der Waals surface area contributed by atoms with Crippen LogP contribution in [0.15, 0.2) is 328 Å². The molecule has 0 radical (unpaired) electrons. The van der Waals surface area contributed by atoms with E-state index in [0.29, 0.717) is 0 Å². The lowest BCUT2D eigenvalue weighted by Gasteiger charge is -2.46. The summed E-state index contributed by atoms with van der Waals surface area (Å²) in [6.45, 7) is 27.6. The first-order valence-electron chi connectivity index (χ1n) is 38.9. The Bertz CT molecular complexity index is 5670. The van der Waals surface area contributed by atoms with E-state index >= 15 is 0 Å². The van der Waals surface area contributed by atoms with Gasteiger partial charge in [0.1, 0.15) is 0 Å². The van der Waals surface area contributed by atoms with Crippen molar-refractivity contribution in [3.63, 3.8) is 0 Å². The molecule has 0 bridgehead atoms. The van der Waals surface area contributed by atoms with E-state index in [1.54, 1.807) is 0 Å². The van der Waals surface area contributed by atoms with Gasteiger partial charge in [-0.2, -0.15) is 0 Å². The molecular weight excluding hydrogens is 1330 g/mol. The number of rotatable bonds is 11. The average Bonchev–Trinajstić information content (AvgIpc) is 0.805. The molecule has 16 aromatic rings. The predicted octanol–water partition coefficient (Wildman–Crippen LogP) is 26.2. The van der Waals surface area contributed by atoms with Crippen molar-refractivity contribution in [1.29, 1.82) is 0 Å². The van der Waals surface area contributed by atoms with E-state index in [0.717, 1.165) is 118 Å². The molecule has 110 heavy (non-hydrogen) atoms. The van der Waals surface area contributed by atoms with Crippen molar-refractivity contribution in [3.8, 4) is 94.7 Å². The molecule has 3 aromatic heterocycles. The molecule has 13 aromatic carbocycles. The van der Waals surface area contributed by atoms with Gasteiger partial charge in [0.25, 0.3) is 6.71 Å². The quantitative estimate of drug-likeness (QED) is 0.121. The molecule has 0 fully saturated rings. The first-order valence-corrected chi connectivity index (χ1v) is 38.9. The fraction of sp³-hybridized carbons (Fsp3) is 0.154. The molecule has 0 unspecified atom stereocenters. The molecule has 0 saturated carbocycles. The summed E-state index contributed by atoms with van der Waals surface area (Å²) in [7, 11) is 0. The molecule has 0 aliphatic carbocycles. The lowest BCUT2D eigenvalue weighted by molar-refractivity contribution is 0.568. The fourth-order valence-electron chi connectivity index (χ4n) is 16.9. The fourth-order valence-corrected chi connectivity index (χ4v) is 16.9. The van der Waals surface area contributed by atoms with Crippen molar-refractivity contribution >= 4 is 79.0 Å². The summed E-state index contributed by atoms with van der Waals surface area (Å²) in [6, 6.07) is 114. The summed E-state index contributed by atoms with van der Waals surface area (Å²) in [5.41, 5.74) is 36.2. The highest BCUT2D eigenvalue weighted by atomic mass is 15.2. The zero-order valence-electron chi connectivity index (χ0n) is 65.0. The van der Waals surface area contributed by atoms with Crippen LogP contribution < -0.4 is 26.2 Å². The van der Waals surface area contributed by atoms with Gasteiger partial charge in [-0.1, -0.05) is 350 Å². The number of benzene rings is 13. The SMILES string of the molecule is CC(C)(C)c1cc(-c2ccc(-c3ccc4c(c3)B3c5cc(-c6ccc(-c7cc(C(C)(C)C)cc(C(C)(C)C)c7)cc6)ccc5N(c5c(-c6ccccc6)cncc5-c5ccccc5)c5cc(-n6c7ccccc7c7ccccc76)cc(c53)N4c3c(-c4ccccc4)cncc3-c3ccccc3)cc2)cc(C(C)(C)C)c1. The van der Waals surface area contributed by atoms with E-state index in [1.807, 2.05) is 0 Å². The van der Waals surface area contributed by atoms with Gasteiger partial charge >= 0.3 is 0 Å². The van der Waals surface area contributed by atoms with E-state index in [9.17, 15) is 0 Å². The Morgan fingerprint density at radius 3 is 0.836 bits per heavy atom. The molecule has 2 aliphatic rings. The summed E-state index contributed by atoms with van der Waals surface area (Å²) >= 11 is 0. The van der Waals surface area contributed by atoms with Gasteiger partial charge in [0, 0.05) is 80.6 Å². The minimum Gasteiger partial charge on any atom is -0.310 e. The van der Waals surface area contributed by atoms with Crippen LogP contribution in [-0.2, 0) is 21.7 Å². The molecule has 0 amide bonds. The maximum atomic E-state index is 5.21. The smallest absolute Gasteiger partial charge is 0.252 e. The van der Waals surface area contributed by atoms with Crippen LogP contribution in [0.25, 0.3) is 117 Å². The molecule has 6 heteroatoms. The van der Waals surface area contributed by atoms with Crippen molar-refractivity contribution in [2.45, 2.75) is 105 Å². The Labute approximate surface area is 649 Å². The highest BCUT2D eigenvalue weighted by Gasteiger charge is 2.46. The van der Waals surface area contributed by atoms with Crippen LogP contribution in [0.1, 0.15) is 105 Å². The molecule has 0 saturated heterocycles. The van der Waals surface area contributed by atoms with Crippen LogP contribution in [0.4, 0.5) is 34.1 Å². The second-order valence-electron chi connectivity index (χ2n) is 34.3. The van der Waals surface area contributed by atoms with Crippen molar-refractivity contribution in [3.05, 3.63) is 350 Å². The van der Waals surface area contributed by atoms with Crippen LogP contribution in [0, 0.1) is 0 Å². The van der Waals surface area contributed by atoms with Gasteiger partial charge in [-0.25, -0.2) is 0 Å². The Balaban J connectivity index is 0.963. The van der Waals surface area contributed by atoms with E-state index in [-0.39, 0.29) is 28.4 Å². The van der Waals surface area contributed by atoms with E-state index < -0.39 is 0 Å². The van der Waals surface area contributed by atoms with Gasteiger partial charge in [0.05, 0.1) is 28.1 Å². The molecule has 5 heterocycles. The number of hydrogen-bond acceptors (Lipinski definition) is 4. The topological polar surface area (TPSA) is 37.2 Å². The molecular formula is C104H90BN5. The second-order valence-corrected chi connectivity index (χ2v) is 34.3. The van der Waals surface area contributed by atoms with Gasteiger partial charge in [-0.3, -0.25) is 9.97 Å². The van der Waals surface area contributed by atoms with Crippen LogP contribution in [0.5, 0.6) is 0 Å². The van der Waals surface area contributed by atoms with Crippen LogP contribution >= 0.6 is 0 Å². The Kier molecular flexibility index (Phi) is 16.9. The van der Waals surface area contributed by atoms with E-state index in [2.05, 4.69) is 426 Å². The van der Waals surface area contributed by atoms with Gasteiger partial charge in [0.15, 0.2) is 0 Å². The predicted molar refractivity (Wildman–Crippen MR) is 469 cm³/mol. The third-order valence-electron chi connectivity index (χ3n) is 22.9. The van der Waals surface area contributed by atoms with E-state index in [1.165, 1.54) is 71.7 Å². The third kappa shape index (κ3) is 12.3. The number of fused-ring (bicyclic) bond motifs is 7. The molecule has 18 rings (SSSR count). The number of anilines is 6. The van der Waals surface area contributed by atoms with Gasteiger partial charge in [-0.15, -0.1) is 0 Å². The standard InChI is InChI=1S/C104H90BN5/c1-101(2,3)79-53-77(54-80(59-79)102(4,5)6)69-45-41-67(42-46-69)75-49-51-94-90(57-75)105-91-58-76(68-43-47-70(48-44-68)78-55-81(103(7,8)9)60-82(56-78)104(10,11)12)50-52-95(91)110(100-88(73-33-21-15-22-34-73)65-107-66-89(100)74-35-23-16-24-36-74)97-62-83(108-92-39-27-25-37-84(92)85-38-26-28-40-93(85)108)61-96(98(97)105)109(94)99-86(71-29-17-13-18-30-71)63-106-64-87(99)72-31-19-14-20-32-72/h13-66H,1-12H3.